The summed E-state index contributed by atoms with van der Waals surface area (Å²) in [6.45, 7) is 4.86. The molecule has 0 fully saturated rings. The van der Waals surface area contributed by atoms with Crippen LogP contribution in [0.3, 0.4) is 0 Å². The normalized spacial score (nSPS) is 11.4. The molecule has 1 rings (SSSR count). The molecule has 6 heteroatoms. The maximum atomic E-state index is 13.7. The fourth-order valence-electron chi connectivity index (χ4n) is 1.14. The Hall–Kier alpha value is -1.17. The Balaban J connectivity index is 3.27. The van der Waals surface area contributed by atoms with Gasteiger partial charge in [-0.3, -0.25) is 0 Å². The number of carbonyl (C=O) groups excluding carboxylic acids is 1. The number of halogens is 3. The molecule has 2 N–H and O–H groups in total. The van der Waals surface area contributed by atoms with E-state index in [0.717, 1.165) is 6.07 Å². The summed E-state index contributed by atoms with van der Waals surface area (Å²) in [6, 6.07) is 0.860. The molecule has 0 atom stereocenters. The first kappa shape index (κ1) is 13.9. The lowest BCUT2D eigenvalue weighted by molar-refractivity contribution is 0.00654. The van der Waals surface area contributed by atoms with Crippen molar-refractivity contribution in [2.45, 2.75) is 26.4 Å². The molecule has 0 saturated heterocycles. The standard InChI is InChI=1S/C11H12BrF2NO2/c1-11(2,3)17-10(16)7-8(14)5(12)4-6(13)9(7)15/h4H,15H2,1-3H3. The molecule has 0 saturated carbocycles. The third kappa shape index (κ3) is 3.15. The average Bonchev–Trinajstić information content (AvgIpc) is 2.12. The van der Waals surface area contributed by atoms with Gasteiger partial charge in [-0.2, -0.15) is 0 Å². The first-order valence-corrected chi connectivity index (χ1v) is 5.59. The van der Waals surface area contributed by atoms with Crippen LogP contribution in [0.2, 0.25) is 0 Å². The minimum absolute atomic E-state index is 0.176. The number of hydrogen-bond acceptors (Lipinski definition) is 3. The summed E-state index contributed by atoms with van der Waals surface area (Å²) >= 11 is 2.80. The van der Waals surface area contributed by atoms with Crippen LogP contribution >= 0.6 is 15.9 Å². The fraction of sp³-hybridized carbons (Fsp3) is 0.364. The average molecular weight is 308 g/mol. The Labute approximate surface area is 106 Å². The monoisotopic (exact) mass is 307 g/mol. The predicted octanol–water partition coefficient (Wildman–Crippen LogP) is 3.26. The summed E-state index contributed by atoms with van der Waals surface area (Å²) < 4.78 is 31.7. The highest BCUT2D eigenvalue weighted by Crippen LogP contribution is 2.28. The third-order valence-corrected chi connectivity index (χ3v) is 2.39. The first-order chi connectivity index (χ1) is 7.63. The Morgan fingerprint density at radius 1 is 1.41 bits per heavy atom. The van der Waals surface area contributed by atoms with Gasteiger partial charge in [0.1, 0.15) is 17.0 Å². The van der Waals surface area contributed by atoms with Crippen LogP contribution in [0.4, 0.5) is 14.5 Å². The Kier molecular flexibility index (Phi) is 3.76. The van der Waals surface area contributed by atoms with E-state index in [1.807, 2.05) is 0 Å². The molecule has 0 unspecified atom stereocenters. The zero-order chi connectivity index (χ0) is 13.4. The number of anilines is 1. The summed E-state index contributed by atoms with van der Waals surface area (Å²) in [5.74, 6) is -2.80. The van der Waals surface area contributed by atoms with Crippen molar-refractivity contribution in [2.24, 2.45) is 0 Å². The molecule has 0 aromatic heterocycles. The summed E-state index contributed by atoms with van der Waals surface area (Å²) in [5, 5.41) is 0. The van der Waals surface area contributed by atoms with Crippen LogP contribution in [0, 0.1) is 11.6 Å². The number of rotatable bonds is 1. The van der Waals surface area contributed by atoms with Crippen LogP contribution in [-0.4, -0.2) is 11.6 Å². The van der Waals surface area contributed by atoms with Crippen LogP contribution in [-0.2, 0) is 4.74 Å². The largest absolute Gasteiger partial charge is 0.456 e. The fourth-order valence-corrected chi connectivity index (χ4v) is 1.54. The van der Waals surface area contributed by atoms with Gasteiger partial charge in [-0.1, -0.05) is 0 Å². The second-order valence-corrected chi connectivity index (χ2v) is 5.30. The van der Waals surface area contributed by atoms with Crippen molar-refractivity contribution in [3.8, 4) is 0 Å². The molecule has 1 aromatic rings. The van der Waals surface area contributed by atoms with Gasteiger partial charge in [-0.25, -0.2) is 13.6 Å². The molecule has 0 amide bonds. The molecule has 0 aliphatic heterocycles. The smallest absolute Gasteiger partial charge is 0.343 e. The molecule has 0 aliphatic carbocycles. The quantitative estimate of drug-likeness (QED) is 0.492. The summed E-state index contributed by atoms with van der Waals surface area (Å²) in [6.07, 6.45) is 0. The molecule has 3 nitrogen and oxygen atoms in total. The van der Waals surface area contributed by atoms with Gasteiger partial charge in [-0.05, 0) is 42.8 Å². The van der Waals surface area contributed by atoms with E-state index in [4.69, 9.17) is 10.5 Å². The number of esters is 1. The number of hydrogen-bond donors (Lipinski definition) is 1. The lowest BCUT2D eigenvalue weighted by Gasteiger charge is -2.20. The van der Waals surface area contributed by atoms with Gasteiger partial charge < -0.3 is 10.5 Å². The molecule has 0 spiro atoms. The van der Waals surface area contributed by atoms with E-state index in [2.05, 4.69) is 15.9 Å². The van der Waals surface area contributed by atoms with Gasteiger partial charge in [0.2, 0.25) is 0 Å². The lowest BCUT2D eigenvalue weighted by Crippen LogP contribution is -2.25. The van der Waals surface area contributed by atoms with E-state index < -0.39 is 34.5 Å². The molecule has 0 heterocycles. The van der Waals surface area contributed by atoms with E-state index >= 15 is 0 Å². The van der Waals surface area contributed by atoms with E-state index in [1.54, 1.807) is 20.8 Å². The molecule has 0 bridgehead atoms. The molecule has 94 valence electrons. The number of nitrogen functional groups attached to an aromatic ring is 1. The number of carbonyl (C=O) groups is 1. The maximum absolute atomic E-state index is 13.7. The van der Waals surface area contributed by atoms with Crippen molar-refractivity contribution in [1.29, 1.82) is 0 Å². The third-order valence-electron chi connectivity index (χ3n) is 1.81. The van der Waals surface area contributed by atoms with Crippen LogP contribution in [0.1, 0.15) is 31.1 Å². The molecule has 1 aromatic carbocycles. The van der Waals surface area contributed by atoms with Gasteiger partial charge in [0.15, 0.2) is 5.82 Å². The predicted molar refractivity (Wildman–Crippen MR) is 63.6 cm³/mol. The zero-order valence-electron chi connectivity index (χ0n) is 9.61. The number of nitrogens with two attached hydrogens (primary N) is 1. The van der Waals surface area contributed by atoms with Gasteiger partial charge in [-0.15, -0.1) is 0 Å². The molecule has 0 aliphatic rings. The Bertz CT molecular complexity index is 443. The van der Waals surface area contributed by atoms with Crippen LogP contribution in [0.15, 0.2) is 10.5 Å². The minimum atomic E-state index is -0.993. The highest BCUT2D eigenvalue weighted by atomic mass is 79.9. The molecule has 0 radical (unpaired) electrons. The van der Waals surface area contributed by atoms with E-state index in [1.165, 1.54) is 0 Å². The highest BCUT2D eigenvalue weighted by molar-refractivity contribution is 9.10. The van der Waals surface area contributed by atoms with Crippen LogP contribution in [0.25, 0.3) is 0 Å². The summed E-state index contributed by atoms with van der Waals surface area (Å²) in [7, 11) is 0. The second kappa shape index (κ2) is 4.60. The summed E-state index contributed by atoms with van der Waals surface area (Å²) in [5.41, 5.74) is 3.38. The topological polar surface area (TPSA) is 52.3 Å². The number of benzene rings is 1. The minimum Gasteiger partial charge on any atom is -0.456 e. The molecule has 17 heavy (non-hydrogen) atoms. The van der Waals surface area contributed by atoms with Gasteiger partial charge in [0.25, 0.3) is 0 Å². The van der Waals surface area contributed by atoms with Gasteiger partial charge >= 0.3 is 5.97 Å². The van der Waals surface area contributed by atoms with Crippen LogP contribution in [0.5, 0.6) is 0 Å². The molecular formula is C11H12BrF2NO2. The van der Waals surface area contributed by atoms with E-state index in [9.17, 15) is 13.6 Å². The Morgan fingerprint density at radius 3 is 2.41 bits per heavy atom. The van der Waals surface area contributed by atoms with E-state index in [-0.39, 0.29) is 4.47 Å². The van der Waals surface area contributed by atoms with Crippen molar-refractivity contribution in [2.75, 3.05) is 5.73 Å². The maximum Gasteiger partial charge on any atom is 0.343 e. The molecular weight excluding hydrogens is 296 g/mol. The Morgan fingerprint density at radius 2 is 1.94 bits per heavy atom. The first-order valence-electron chi connectivity index (χ1n) is 4.80. The van der Waals surface area contributed by atoms with Crippen molar-refractivity contribution < 1.29 is 18.3 Å². The summed E-state index contributed by atoms with van der Waals surface area (Å²) in [4.78, 5) is 11.7. The van der Waals surface area contributed by atoms with Crippen molar-refractivity contribution in [1.82, 2.24) is 0 Å². The van der Waals surface area contributed by atoms with Gasteiger partial charge in [0.05, 0.1) is 10.2 Å². The van der Waals surface area contributed by atoms with Crippen molar-refractivity contribution in [3.05, 3.63) is 27.7 Å². The number of ether oxygens (including phenoxy) is 1. The van der Waals surface area contributed by atoms with Crippen molar-refractivity contribution >= 4 is 27.6 Å². The highest BCUT2D eigenvalue weighted by Gasteiger charge is 2.26. The lowest BCUT2D eigenvalue weighted by atomic mass is 10.1. The van der Waals surface area contributed by atoms with Crippen LogP contribution < -0.4 is 5.73 Å². The van der Waals surface area contributed by atoms with E-state index in [0.29, 0.717) is 0 Å². The van der Waals surface area contributed by atoms with Crippen molar-refractivity contribution in [3.63, 3.8) is 0 Å². The van der Waals surface area contributed by atoms with Gasteiger partial charge in [0, 0.05) is 0 Å². The second-order valence-electron chi connectivity index (χ2n) is 4.44. The SMILES string of the molecule is CC(C)(C)OC(=O)c1c(N)c(F)cc(Br)c1F. The zero-order valence-corrected chi connectivity index (χ0v) is 11.2.